The van der Waals surface area contributed by atoms with E-state index in [4.69, 9.17) is 21.6 Å². The summed E-state index contributed by atoms with van der Waals surface area (Å²) in [5, 5.41) is 8.69. The fourth-order valence-electron chi connectivity index (χ4n) is 2.00. The molecule has 2 rings (SSSR count). The minimum Gasteiger partial charge on any atom is -0.479 e. The van der Waals surface area contributed by atoms with Crippen LogP contribution in [0.3, 0.4) is 0 Å². The lowest BCUT2D eigenvalue weighted by atomic mass is 10.0. The third kappa shape index (κ3) is 2.68. The van der Waals surface area contributed by atoms with Gasteiger partial charge in [0.05, 0.1) is 5.69 Å². The summed E-state index contributed by atoms with van der Waals surface area (Å²) in [4.78, 5) is 11.9. The van der Waals surface area contributed by atoms with Gasteiger partial charge in [-0.2, -0.15) is 5.26 Å². The van der Waals surface area contributed by atoms with Crippen LogP contribution < -0.4 is 10.3 Å². The van der Waals surface area contributed by atoms with Gasteiger partial charge >= 0.3 is 0 Å². The molecule has 0 N–H and O–H groups in total. The van der Waals surface area contributed by atoms with Crippen LogP contribution in [0.25, 0.3) is 11.3 Å². The molecule has 0 spiro atoms. The number of hydrogen-bond acceptors (Lipinski definition) is 3. The van der Waals surface area contributed by atoms with Gasteiger partial charge in [0.1, 0.15) is 16.8 Å². The highest BCUT2D eigenvalue weighted by atomic mass is 35.5. The lowest BCUT2D eigenvalue weighted by molar-refractivity contribution is 0.368. The molecule has 5 heteroatoms. The number of rotatable bonds is 3. The molecule has 0 radical (unpaired) electrons. The summed E-state index contributed by atoms with van der Waals surface area (Å²) in [6.07, 6.45) is 0. The van der Waals surface area contributed by atoms with Crippen LogP contribution in [-0.4, -0.2) is 11.2 Å². The summed E-state index contributed by atoms with van der Waals surface area (Å²) in [6.45, 7) is 1.94. The standard InChI is InChI=1S/C15H13ClN2O2/c1-10-9-11(20-8-7-17)3-4-12(10)14-6-5-13(16)15(19)18(14)2/h3-6,9H,8H2,1-2H3. The summed E-state index contributed by atoms with van der Waals surface area (Å²) in [6, 6.07) is 10.8. The number of nitriles is 1. The van der Waals surface area contributed by atoms with Crippen LogP contribution in [0.1, 0.15) is 5.56 Å². The molecule has 0 bridgehead atoms. The predicted molar refractivity (Wildman–Crippen MR) is 78.0 cm³/mol. The second-order valence-corrected chi connectivity index (χ2v) is 4.76. The number of ether oxygens (including phenoxy) is 1. The number of benzene rings is 1. The number of hydrogen-bond donors (Lipinski definition) is 0. The van der Waals surface area contributed by atoms with E-state index < -0.39 is 0 Å². The Morgan fingerprint density at radius 1 is 1.35 bits per heavy atom. The number of aromatic nitrogens is 1. The van der Waals surface area contributed by atoms with Gasteiger partial charge < -0.3 is 9.30 Å². The summed E-state index contributed by atoms with van der Waals surface area (Å²) in [5.74, 6) is 0.631. The van der Waals surface area contributed by atoms with Crippen molar-refractivity contribution in [2.75, 3.05) is 6.61 Å². The topological polar surface area (TPSA) is 55.0 Å². The van der Waals surface area contributed by atoms with Crippen molar-refractivity contribution in [3.05, 3.63) is 51.3 Å². The van der Waals surface area contributed by atoms with E-state index >= 15 is 0 Å². The minimum atomic E-state index is -0.228. The summed E-state index contributed by atoms with van der Waals surface area (Å²) in [5.41, 5.74) is 2.43. The molecular weight excluding hydrogens is 276 g/mol. The second kappa shape index (κ2) is 5.81. The zero-order chi connectivity index (χ0) is 14.7. The molecule has 1 aromatic carbocycles. The van der Waals surface area contributed by atoms with E-state index in [2.05, 4.69) is 0 Å². The molecule has 0 saturated heterocycles. The zero-order valence-corrected chi connectivity index (χ0v) is 11.9. The van der Waals surface area contributed by atoms with E-state index in [1.54, 1.807) is 19.2 Å². The van der Waals surface area contributed by atoms with Gasteiger partial charge in [-0.15, -0.1) is 0 Å². The first-order chi connectivity index (χ1) is 9.54. The molecule has 0 unspecified atom stereocenters. The van der Waals surface area contributed by atoms with Gasteiger partial charge in [-0.25, -0.2) is 0 Å². The lowest BCUT2D eigenvalue weighted by Gasteiger charge is -2.12. The maximum Gasteiger partial charge on any atom is 0.269 e. The molecule has 1 heterocycles. The lowest BCUT2D eigenvalue weighted by Crippen LogP contribution is -2.18. The van der Waals surface area contributed by atoms with Crippen molar-refractivity contribution in [3.8, 4) is 23.1 Å². The highest BCUT2D eigenvalue weighted by Gasteiger charge is 2.09. The average Bonchev–Trinajstić information content (AvgIpc) is 2.44. The third-order valence-corrected chi connectivity index (χ3v) is 3.32. The van der Waals surface area contributed by atoms with Crippen molar-refractivity contribution < 1.29 is 4.74 Å². The van der Waals surface area contributed by atoms with Crippen molar-refractivity contribution in [1.82, 2.24) is 4.57 Å². The first-order valence-electron chi connectivity index (χ1n) is 6.01. The quantitative estimate of drug-likeness (QED) is 0.872. The Balaban J connectivity index is 2.47. The first kappa shape index (κ1) is 14.2. The van der Waals surface area contributed by atoms with Gasteiger partial charge in [0.2, 0.25) is 0 Å². The van der Waals surface area contributed by atoms with Gasteiger partial charge in [0.25, 0.3) is 5.56 Å². The Morgan fingerprint density at radius 3 is 2.75 bits per heavy atom. The monoisotopic (exact) mass is 288 g/mol. The molecule has 0 saturated carbocycles. The van der Waals surface area contributed by atoms with Crippen molar-refractivity contribution in [2.45, 2.75) is 6.92 Å². The van der Waals surface area contributed by atoms with Crippen LogP contribution in [0, 0.1) is 18.3 Å². The van der Waals surface area contributed by atoms with Crippen molar-refractivity contribution >= 4 is 11.6 Å². The SMILES string of the molecule is Cc1cc(OCC#N)ccc1-c1ccc(Cl)c(=O)n1C. The van der Waals surface area contributed by atoms with E-state index in [0.29, 0.717) is 5.75 Å². The fourth-order valence-corrected chi connectivity index (χ4v) is 2.19. The zero-order valence-electron chi connectivity index (χ0n) is 11.2. The van der Waals surface area contributed by atoms with E-state index in [1.807, 2.05) is 31.2 Å². The maximum absolute atomic E-state index is 11.9. The highest BCUT2D eigenvalue weighted by Crippen LogP contribution is 2.26. The molecule has 20 heavy (non-hydrogen) atoms. The summed E-state index contributed by atoms with van der Waals surface area (Å²) >= 11 is 5.81. The number of halogens is 1. The Hall–Kier alpha value is -2.25. The van der Waals surface area contributed by atoms with Crippen LogP contribution in [0.2, 0.25) is 5.02 Å². The summed E-state index contributed by atoms with van der Waals surface area (Å²) in [7, 11) is 1.68. The molecule has 0 aliphatic heterocycles. The molecule has 1 aromatic heterocycles. The Labute approximate surface area is 121 Å². The van der Waals surface area contributed by atoms with Crippen LogP contribution in [0.4, 0.5) is 0 Å². The molecular formula is C15H13ClN2O2. The van der Waals surface area contributed by atoms with Gasteiger partial charge in [-0.1, -0.05) is 11.6 Å². The van der Waals surface area contributed by atoms with Gasteiger partial charge in [0.15, 0.2) is 6.61 Å². The largest absolute Gasteiger partial charge is 0.479 e. The van der Waals surface area contributed by atoms with Crippen molar-refractivity contribution in [3.63, 3.8) is 0 Å². The maximum atomic E-state index is 11.9. The Morgan fingerprint density at radius 2 is 2.10 bits per heavy atom. The smallest absolute Gasteiger partial charge is 0.269 e. The van der Waals surface area contributed by atoms with Gasteiger partial charge in [-0.3, -0.25) is 4.79 Å². The van der Waals surface area contributed by atoms with E-state index in [-0.39, 0.29) is 17.2 Å². The molecule has 102 valence electrons. The highest BCUT2D eigenvalue weighted by molar-refractivity contribution is 6.30. The van der Waals surface area contributed by atoms with Gasteiger partial charge in [0, 0.05) is 12.6 Å². The molecule has 0 fully saturated rings. The molecule has 0 amide bonds. The molecule has 2 aromatic rings. The average molecular weight is 289 g/mol. The normalized spacial score (nSPS) is 10.1. The predicted octanol–water partition coefficient (Wildman–Crippen LogP) is 2.92. The second-order valence-electron chi connectivity index (χ2n) is 4.35. The van der Waals surface area contributed by atoms with Crippen molar-refractivity contribution in [1.29, 1.82) is 5.26 Å². The third-order valence-electron chi connectivity index (χ3n) is 3.04. The van der Waals surface area contributed by atoms with Crippen LogP contribution in [0.5, 0.6) is 5.75 Å². The van der Waals surface area contributed by atoms with Crippen molar-refractivity contribution in [2.24, 2.45) is 7.05 Å². The number of aryl methyl sites for hydroxylation is 1. The fraction of sp³-hybridized carbons (Fsp3) is 0.200. The van der Waals surface area contributed by atoms with E-state index in [0.717, 1.165) is 16.8 Å². The van der Waals surface area contributed by atoms with Gasteiger partial charge in [-0.05, 0) is 42.8 Å². The summed E-state index contributed by atoms with van der Waals surface area (Å²) < 4.78 is 6.76. The Kier molecular flexibility index (Phi) is 4.11. The molecule has 0 aliphatic carbocycles. The number of pyridine rings is 1. The molecule has 4 nitrogen and oxygen atoms in total. The molecule has 0 atom stereocenters. The van der Waals surface area contributed by atoms with Crippen LogP contribution >= 0.6 is 11.6 Å². The molecule has 0 aliphatic rings. The number of nitrogens with zero attached hydrogens (tertiary/aromatic N) is 2. The van der Waals surface area contributed by atoms with E-state index in [1.165, 1.54) is 4.57 Å². The minimum absolute atomic E-state index is 0.0121. The van der Waals surface area contributed by atoms with E-state index in [9.17, 15) is 4.79 Å². The first-order valence-corrected chi connectivity index (χ1v) is 6.38. The van der Waals surface area contributed by atoms with Crippen LogP contribution in [0.15, 0.2) is 35.1 Å². The Bertz CT molecular complexity index is 745. The van der Waals surface area contributed by atoms with Crippen LogP contribution in [-0.2, 0) is 7.05 Å².